The Bertz CT molecular complexity index is 1090. The fraction of sp³-hybridized carbons (Fsp3) is 0.400. The first-order valence-corrected chi connectivity index (χ1v) is 11.1. The van der Waals surface area contributed by atoms with E-state index in [2.05, 4.69) is 5.32 Å². The van der Waals surface area contributed by atoms with Crippen LogP contribution < -0.4 is 10.6 Å². The normalized spacial score (nSPS) is 16.3. The van der Waals surface area contributed by atoms with Crippen molar-refractivity contribution in [2.75, 3.05) is 13.2 Å². The van der Waals surface area contributed by atoms with Crippen molar-refractivity contribution in [2.24, 2.45) is 5.41 Å². The molecule has 188 valence electrons. The summed E-state index contributed by atoms with van der Waals surface area (Å²) in [6, 6.07) is 15.5. The van der Waals surface area contributed by atoms with Crippen molar-refractivity contribution < 1.29 is 37.4 Å². The van der Waals surface area contributed by atoms with Crippen molar-refractivity contribution in [3.8, 4) is 11.1 Å². The van der Waals surface area contributed by atoms with E-state index < -0.39 is 35.1 Å². The number of alkyl halides is 3. The third-order valence-electron chi connectivity index (χ3n) is 6.65. The van der Waals surface area contributed by atoms with Gasteiger partial charge in [-0.1, -0.05) is 55.5 Å². The lowest BCUT2D eigenvalue weighted by molar-refractivity contribution is -0.208. The number of carboxylic acid groups (broad SMARTS) is 1. The Labute approximate surface area is 200 Å². The van der Waals surface area contributed by atoms with Gasteiger partial charge in [0.05, 0.1) is 5.41 Å². The van der Waals surface area contributed by atoms with Crippen LogP contribution >= 0.6 is 0 Å². The van der Waals surface area contributed by atoms with E-state index in [0.717, 1.165) is 22.3 Å². The second kappa shape index (κ2) is 9.59. The zero-order valence-corrected chi connectivity index (χ0v) is 19.5. The minimum atomic E-state index is -5.22. The summed E-state index contributed by atoms with van der Waals surface area (Å²) in [6.45, 7) is 2.94. The van der Waals surface area contributed by atoms with Gasteiger partial charge in [-0.3, -0.25) is 4.79 Å². The molecular weight excluding hydrogens is 465 g/mol. The Morgan fingerprint density at radius 2 is 1.49 bits per heavy atom. The summed E-state index contributed by atoms with van der Waals surface area (Å²) in [7, 11) is 0. The summed E-state index contributed by atoms with van der Waals surface area (Å²) in [4.78, 5) is 36.3. The van der Waals surface area contributed by atoms with Gasteiger partial charge in [0, 0.05) is 12.5 Å². The highest BCUT2D eigenvalue weighted by atomic mass is 19.4. The zero-order valence-electron chi connectivity index (χ0n) is 19.5. The molecule has 0 bridgehead atoms. The molecule has 3 N–H and O–H groups in total. The van der Waals surface area contributed by atoms with Gasteiger partial charge in [0.2, 0.25) is 11.4 Å². The third-order valence-corrected chi connectivity index (χ3v) is 6.65. The summed E-state index contributed by atoms with van der Waals surface area (Å²) in [5.74, 6) is -3.57. The molecule has 1 aliphatic carbocycles. The number of ether oxygens (including phenoxy) is 1. The maximum atomic E-state index is 13.3. The van der Waals surface area contributed by atoms with Crippen LogP contribution in [0.25, 0.3) is 11.1 Å². The van der Waals surface area contributed by atoms with Crippen LogP contribution in [-0.2, 0) is 14.3 Å². The van der Waals surface area contributed by atoms with Gasteiger partial charge in [-0.05, 0) is 42.5 Å². The molecule has 0 saturated heterocycles. The Balaban J connectivity index is 1.64. The Morgan fingerprint density at radius 3 is 1.94 bits per heavy atom. The summed E-state index contributed by atoms with van der Waals surface area (Å²) in [6.07, 6.45) is -6.02. The molecule has 0 fully saturated rings. The van der Waals surface area contributed by atoms with E-state index in [-0.39, 0.29) is 25.5 Å². The van der Waals surface area contributed by atoms with E-state index >= 15 is 0 Å². The first-order chi connectivity index (χ1) is 16.3. The number of rotatable bonds is 8. The molecule has 0 aromatic heterocycles. The van der Waals surface area contributed by atoms with Gasteiger partial charge in [-0.15, -0.1) is 0 Å². The Kier molecular flexibility index (Phi) is 7.14. The summed E-state index contributed by atoms with van der Waals surface area (Å²) >= 11 is 0. The zero-order chi connectivity index (χ0) is 26.0. The van der Waals surface area contributed by atoms with E-state index in [0.29, 0.717) is 6.92 Å². The number of carboxylic acids is 1. The van der Waals surface area contributed by atoms with Crippen molar-refractivity contribution in [2.45, 2.75) is 44.8 Å². The number of hydrogen-bond donors (Lipinski definition) is 3. The molecule has 0 spiro atoms. The maximum absolute atomic E-state index is 13.3. The highest BCUT2D eigenvalue weighted by Crippen LogP contribution is 2.44. The van der Waals surface area contributed by atoms with Crippen molar-refractivity contribution in [1.29, 1.82) is 0 Å². The predicted molar refractivity (Wildman–Crippen MR) is 122 cm³/mol. The second-order valence-electron chi connectivity index (χ2n) is 8.98. The molecule has 2 aromatic rings. The molecule has 2 atom stereocenters. The first kappa shape index (κ1) is 26.1. The van der Waals surface area contributed by atoms with Gasteiger partial charge in [0.15, 0.2) is 0 Å². The smallest absolute Gasteiger partial charge is 0.422 e. The number of hydrogen-bond acceptors (Lipinski definition) is 4. The first-order valence-electron chi connectivity index (χ1n) is 11.1. The number of aliphatic carboxylic acids is 1. The standard InChI is InChI=1S/C25H27F3N2O5/c1-4-23(2,20(31)30-24(3,21(32)33)25(26,27)28)14-29-22(34)35-13-19-17-11-7-5-9-15(17)16-10-6-8-12-18(16)19/h5-12,19H,4,13-14H2,1-3H3,(H,29,34)(H,30,31)(H,32,33). The van der Waals surface area contributed by atoms with Crippen LogP contribution in [-0.4, -0.2) is 47.9 Å². The van der Waals surface area contributed by atoms with Gasteiger partial charge in [-0.25, -0.2) is 9.59 Å². The van der Waals surface area contributed by atoms with Gasteiger partial charge in [0.25, 0.3) is 0 Å². The van der Waals surface area contributed by atoms with Crippen LogP contribution in [0.1, 0.15) is 44.2 Å². The summed E-state index contributed by atoms with van der Waals surface area (Å²) < 4.78 is 45.3. The van der Waals surface area contributed by atoms with E-state index in [1.54, 1.807) is 12.2 Å². The SMILES string of the molecule is CCC(C)(CNC(=O)OCC1c2ccccc2-c2ccccc21)C(=O)NC(C)(C(=O)O)C(F)(F)F. The predicted octanol–water partition coefficient (Wildman–Crippen LogP) is 4.46. The van der Waals surface area contributed by atoms with Crippen molar-refractivity contribution in [3.63, 3.8) is 0 Å². The van der Waals surface area contributed by atoms with Crippen LogP contribution in [0.4, 0.5) is 18.0 Å². The molecule has 1 aliphatic rings. The van der Waals surface area contributed by atoms with Crippen molar-refractivity contribution in [3.05, 3.63) is 59.7 Å². The van der Waals surface area contributed by atoms with E-state index in [4.69, 9.17) is 9.84 Å². The van der Waals surface area contributed by atoms with Gasteiger partial charge in [-0.2, -0.15) is 13.2 Å². The van der Waals surface area contributed by atoms with Gasteiger partial charge in [0.1, 0.15) is 6.61 Å². The molecule has 10 heteroatoms. The number of nitrogens with one attached hydrogen (secondary N) is 2. The van der Waals surface area contributed by atoms with Crippen LogP contribution in [0, 0.1) is 5.41 Å². The number of benzene rings is 2. The van der Waals surface area contributed by atoms with Gasteiger partial charge >= 0.3 is 18.2 Å². The Hall–Kier alpha value is -3.56. The number of halogens is 3. The monoisotopic (exact) mass is 492 g/mol. The Morgan fingerprint density at radius 1 is 0.971 bits per heavy atom. The number of carbonyl (C=O) groups is 3. The number of carbonyl (C=O) groups excluding carboxylic acids is 2. The molecule has 3 rings (SSSR count). The summed E-state index contributed by atoms with van der Waals surface area (Å²) in [5.41, 5.74) is -0.839. The third kappa shape index (κ3) is 4.96. The minimum Gasteiger partial charge on any atom is -0.479 e. The number of fused-ring (bicyclic) bond motifs is 3. The van der Waals surface area contributed by atoms with Crippen molar-refractivity contribution >= 4 is 18.0 Å². The largest absolute Gasteiger partial charge is 0.479 e. The molecule has 2 unspecified atom stereocenters. The van der Waals surface area contributed by atoms with E-state index in [9.17, 15) is 27.6 Å². The molecule has 2 amide bonds. The lowest BCUT2D eigenvalue weighted by atomic mass is 9.85. The average Bonchev–Trinajstić information content (AvgIpc) is 3.14. The fourth-order valence-electron chi connectivity index (χ4n) is 3.91. The van der Waals surface area contributed by atoms with E-state index in [1.165, 1.54) is 6.92 Å². The van der Waals surface area contributed by atoms with Gasteiger partial charge < -0.3 is 20.5 Å². The quantitative estimate of drug-likeness (QED) is 0.505. The molecular formula is C25H27F3N2O5. The lowest BCUT2D eigenvalue weighted by Crippen LogP contribution is -2.64. The van der Waals surface area contributed by atoms with Crippen LogP contribution in [0.2, 0.25) is 0 Å². The average molecular weight is 492 g/mol. The molecule has 0 aliphatic heterocycles. The molecule has 2 aromatic carbocycles. The molecule has 35 heavy (non-hydrogen) atoms. The van der Waals surface area contributed by atoms with Crippen molar-refractivity contribution in [1.82, 2.24) is 10.6 Å². The fourth-order valence-corrected chi connectivity index (χ4v) is 3.91. The number of alkyl carbamates (subject to hydrolysis) is 1. The molecule has 7 nitrogen and oxygen atoms in total. The van der Waals surface area contributed by atoms with E-state index in [1.807, 2.05) is 48.5 Å². The maximum Gasteiger partial charge on any atom is 0.422 e. The molecule has 0 radical (unpaired) electrons. The topological polar surface area (TPSA) is 105 Å². The lowest BCUT2D eigenvalue weighted by Gasteiger charge is -2.34. The highest BCUT2D eigenvalue weighted by Gasteiger charge is 2.59. The molecule has 0 heterocycles. The second-order valence-corrected chi connectivity index (χ2v) is 8.98. The van der Waals surface area contributed by atoms with Crippen LogP contribution in [0.3, 0.4) is 0 Å². The minimum absolute atomic E-state index is 0.0278. The highest BCUT2D eigenvalue weighted by molar-refractivity contribution is 5.90. The van der Waals surface area contributed by atoms with Crippen LogP contribution in [0.5, 0.6) is 0 Å². The number of amides is 2. The van der Waals surface area contributed by atoms with Crippen LogP contribution in [0.15, 0.2) is 48.5 Å². The molecule has 0 saturated carbocycles. The summed E-state index contributed by atoms with van der Waals surface area (Å²) in [5, 5.41) is 13.1.